The van der Waals surface area contributed by atoms with Gasteiger partial charge in [-0.05, 0) is 119 Å². The predicted molar refractivity (Wildman–Crippen MR) is 243 cm³/mol. The fourth-order valence-electron chi connectivity index (χ4n) is 10.5. The molecular weight excluding hydrogens is 859 g/mol. The number of cyclic esters (lactones) is 1. The zero-order valence-corrected chi connectivity index (χ0v) is 41.7. The highest BCUT2D eigenvalue weighted by Crippen LogP contribution is 2.41. The largest absolute Gasteiger partial charge is 0.459 e. The first-order valence-electron chi connectivity index (χ1n) is 23.7. The Morgan fingerprint density at radius 2 is 1.65 bits per heavy atom. The zero-order chi connectivity index (χ0) is 49.1. The molecule has 0 bridgehead atoms. The van der Waals surface area contributed by atoms with Crippen molar-refractivity contribution in [3.8, 4) is 11.5 Å². The summed E-state index contributed by atoms with van der Waals surface area (Å²) in [6, 6.07) is 4.74. The molecule has 18 nitrogen and oxygen atoms in total. The predicted octanol–water partition coefficient (Wildman–Crippen LogP) is 3.61. The molecular formula is C48H81N3O15. The van der Waals surface area contributed by atoms with E-state index in [0.717, 1.165) is 5.56 Å². The normalized spacial score (nSPS) is 42.0. The Hall–Kier alpha value is -2.88. The van der Waals surface area contributed by atoms with Gasteiger partial charge >= 0.3 is 12.1 Å². The van der Waals surface area contributed by atoms with Crippen molar-refractivity contribution in [2.45, 2.75) is 192 Å². The van der Waals surface area contributed by atoms with Crippen LogP contribution in [0.1, 0.15) is 100 Å². The molecule has 1 amide bonds. The molecule has 4 aliphatic rings. The van der Waals surface area contributed by atoms with E-state index in [-0.39, 0.29) is 50.7 Å². The molecule has 5 rings (SSSR count). The molecule has 0 aliphatic carbocycles. The van der Waals surface area contributed by atoms with Gasteiger partial charge in [0.1, 0.15) is 29.5 Å². The Labute approximate surface area is 391 Å². The van der Waals surface area contributed by atoms with Crippen LogP contribution < -0.4 is 14.8 Å². The molecule has 0 unspecified atom stereocenters. The summed E-state index contributed by atoms with van der Waals surface area (Å²) in [6.07, 6.45) is -8.97. The number of carbonyl (C=O) groups excluding carboxylic acids is 2. The van der Waals surface area contributed by atoms with Crippen molar-refractivity contribution in [2.75, 3.05) is 48.1 Å². The number of ether oxygens (including phenoxy) is 9. The van der Waals surface area contributed by atoms with E-state index in [1.54, 1.807) is 41.5 Å². The van der Waals surface area contributed by atoms with Crippen LogP contribution >= 0.6 is 0 Å². The second kappa shape index (κ2) is 22.3. The fraction of sp³-hybridized carbons (Fsp3) is 0.833. The lowest BCUT2D eigenvalue weighted by Gasteiger charge is -2.49. The van der Waals surface area contributed by atoms with E-state index in [1.807, 2.05) is 69.9 Å². The van der Waals surface area contributed by atoms with Gasteiger partial charge in [0, 0.05) is 44.6 Å². The van der Waals surface area contributed by atoms with Crippen LogP contribution in [0.2, 0.25) is 0 Å². The third-order valence-corrected chi connectivity index (χ3v) is 14.5. The number of hydrogen-bond acceptors (Lipinski definition) is 17. The number of nitrogens with zero attached hydrogens (tertiary/aromatic N) is 2. The first-order chi connectivity index (χ1) is 30.8. The Morgan fingerprint density at radius 1 is 0.970 bits per heavy atom. The molecule has 3 fully saturated rings. The summed E-state index contributed by atoms with van der Waals surface area (Å²) in [5.41, 5.74) is -3.64. The number of nitrogens with one attached hydrogen (secondary N) is 1. The van der Waals surface area contributed by atoms with Crippen LogP contribution in [-0.4, -0.2) is 181 Å². The van der Waals surface area contributed by atoms with Crippen LogP contribution in [0.3, 0.4) is 0 Å². The van der Waals surface area contributed by atoms with Crippen molar-refractivity contribution in [3.63, 3.8) is 0 Å². The smallest absolute Gasteiger partial charge is 0.407 e. The number of hydrogen-bond donors (Lipinski definition) is 5. The van der Waals surface area contributed by atoms with Gasteiger partial charge in [0.25, 0.3) is 0 Å². The van der Waals surface area contributed by atoms with Gasteiger partial charge in [0.05, 0.1) is 35.9 Å². The molecule has 18 atom stereocenters. The summed E-state index contributed by atoms with van der Waals surface area (Å²) in [4.78, 5) is 31.6. The van der Waals surface area contributed by atoms with Crippen LogP contribution in [0, 0.1) is 17.8 Å². The molecule has 1 aromatic carbocycles. The van der Waals surface area contributed by atoms with Crippen LogP contribution in [0.15, 0.2) is 18.2 Å². The lowest BCUT2D eigenvalue weighted by molar-refractivity contribution is -0.317. The standard InChI is InChI=1S/C48H81N3O15/c1-15-36-48(10,57)40(53)30(6)51(13)24-26(2)22-46(8,56)41(65-44-38(52)33(50(11)12)20-27(3)61-44)28(4)39(29(5)43(54)63-36)64-37-23-47(9,58-14)42(31(7)62-37)66-45(55)49-19-18-32-16-17-34-35(21-32)60-25-59-34/h16-17,21,26-31,33,36-42,44,52-53,56-57H,15,18-20,22-25H2,1-14H3,(H,49,55)/t26-,27-,28+,29-,30-,31+,33+,36-,37+,38-,39+,40-,41-,42+,44+,46-,47-,48-/m1/s1. The molecule has 5 N–H and O–H groups in total. The SMILES string of the molecule is CC[C@H]1OC(=O)[C@H](C)[C@@H](O[C@H]2C[C@@](C)(OC)[C@@H](OC(=O)NCCc3ccc4c(c3)OCO4)[C@H](C)O2)[C@H](C)[C@@H](O[C@@H]2O[C@H](C)C[C@H](N(C)C)[C@H]2O)[C@](C)(O)C[C@@H](C)CN(C)[C@H](C)[C@@H](O)[C@]1(C)O. The number of aliphatic hydroxyl groups excluding tert-OH is 2. The van der Waals surface area contributed by atoms with Crippen molar-refractivity contribution >= 4 is 12.1 Å². The second-order valence-electron chi connectivity index (χ2n) is 20.4. The van der Waals surface area contributed by atoms with E-state index in [1.165, 1.54) is 14.0 Å². The summed E-state index contributed by atoms with van der Waals surface area (Å²) < 4.78 is 55.5. The molecule has 0 aromatic heterocycles. The molecule has 4 aliphatic heterocycles. The Bertz CT molecular complexity index is 1750. The number of benzene rings is 1. The number of alkyl carbamates (subject to hydrolysis) is 1. The summed E-state index contributed by atoms with van der Waals surface area (Å²) in [7, 11) is 7.11. The maximum Gasteiger partial charge on any atom is 0.407 e. The number of carbonyl (C=O) groups is 2. The lowest BCUT2D eigenvalue weighted by Crippen LogP contribution is -2.61. The van der Waals surface area contributed by atoms with Gasteiger partial charge in [-0.3, -0.25) is 4.79 Å². The van der Waals surface area contributed by atoms with E-state index in [4.69, 9.17) is 42.6 Å². The third kappa shape index (κ3) is 12.5. The van der Waals surface area contributed by atoms with E-state index >= 15 is 0 Å². The van der Waals surface area contributed by atoms with Gasteiger partial charge < -0.3 is 78.2 Å². The Balaban J connectivity index is 1.45. The monoisotopic (exact) mass is 940 g/mol. The molecule has 0 spiro atoms. The van der Waals surface area contributed by atoms with Crippen molar-refractivity contribution in [1.82, 2.24) is 15.1 Å². The zero-order valence-electron chi connectivity index (χ0n) is 41.7. The first kappa shape index (κ1) is 54.1. The summed E-state index contributed by atoms with van der Waals surface area (Å²) in [5.74, 6) is -1.46. The van der Waals surface area contributed by atoms with Crippen molar-refractivity contribution < 1.29 is 72.6 Å². The fourth-order valence-corrected chi connectivity index (χ4v) is 10.5. The molecule has 1 aromatic rings. The number of esters is 1. The minimum Gasteiger partial charge on any atom is -0.459 e. The van der Waals surface area contributed by atoms with Gasteiger partial charge in [-0.2, -0.15) is 0 Å². The van der Waals surface area contributed by atoms with E-state index in [0.29, 0.717) is 30.9 Å². The molecule has 66 heavy (non-hydrogen) atoms. The van der Waals surface area contributed by atoms with Crippen LogP contribution in [0.5, 0.6) is 11.5 Å². The molecule has 18 heteroatoms. The molecule has 0 saturated carbocycles. The van der Waals surface area contributed by atoms with Gasteiger partial charge in [-0.15, -0.1) is 0 Å². The number of rotatable bonds is 11. The van der Waals surface area contributed by atoms with Gasteiger partial charge in [-0.25, -0.2) is 4.79 Å². The number of amides is 1. The third-order valence-electron chi connectivity index (χ3n) is 14.5. The summed E-state index contributed by atoms with van der Waals surface area (Å²) in [6.45, 7) is 18.5. The molecule has 4 heterocycles. The topological polar surface area (TPSA) is 217 Å². The van der Waals surface area contributed by atoms with E-state index in [9.17, 15) is 30.0 Å². The van der Waals surface area contributed by atoms with Crippen molar-refractivity contribution in [2.24, 2.45) is 17.8 Å². The minimum absolute atomic E-state index is 0.0577. The Morgan fingerprint density at radius 3 is 2.30 bits per heavy atom. The van der Waals surface area contributed by atoms with Gasteiger partial charge in [-0.1, -0.05) is 26.8 Å². The second-order valence-corrected chi connectivity index (χ2v) is 20.4. The van der Waals surface area contributed by atoms with Gasteiger partial charge in [0.2, 0.25) is 6.79 Å². The van der Waals surface area contributed by atoms with Crippen LogP contribution in [0.25, 0.3) is 0 Å². The highest BCUT2D eigenvalue weighted by molar-refractivity contribution is 5.73. The summed E-state index contributed by atoms with van der Waals surface area (Å²) >= 11 is 0. The molecule has 0 radical (unpaired) electrons. The van der Waals surface area contributed by atoms with Gasteiger partial charge in [0.15, 0.2) is 30.2 Å². The Kier molecular flexibility index (Phi) is 18.2. The van der Waals surface area contributed by atoms with Crippen molar-refractivity contribution in [1.29, 1.82) is 0 Å². The number of methoxy groups -OCH3 is 1. The minimum atomic E-state index is -1.84. The van der Waals surface area contributed by atoms with E-state index in [2.05, 4.69) is 5.32 Å². The highest BCUT2D eigenvalue weighted by atomic mass is 16.7. The number of aliphatic hydroxyl groups is 4. The lowest BCUT2D eigenvalue weighted by atomic mass is 9.77. The quantitative estimate of drug-likeness (QED) is 0.200. The average Bonchev–Trinajstić information content (AvgIpc) is 3.72. The molecule has 378 valence electrons. The maximum absolute atomic E-state index is 14.5. The van der Waals surface area contributed by atoms with Crippen molar-refractivity contribution in [3.05, 3.63) is 23.8 Å². The number of likely N-dealkylation sites (N-methyl/N-ethyl adjacent to an activating group) is 2. The average molecular weight is 940 g/mol. The van der Waals surface area contributed by atoms with E-state index < -0.39 is 102 Å². The van der Waals surface area contributed by atoms with Crippen LogP contribution in [0.4, 0.5) is 4.79 Å². The van der Waals surface area contributed by atoms with Crippen LogP contribution in [-0.2, 0) is 44.4 Å². The first-order valence-corrected chi connectivity index (χ1v) is 23.7. The summed E-state index contributed by atoms with van der Waals surface area (Å²) in [5, 5.41) is 50.7. The maximum atomic E-state index is 14.5. The number of fused-ring (bicyclic) bond motifs is 1. The molecule has 3 saturated heterocycles. The highest BCUT2D eigenvalue weighted by Gasteiger charge is 2.54.